The second kappa shape index (κ2) is 11.5. The molecule has 0 radical (unpaired) electrons. The Kier molecular flexibility index (Phi) is 10.3. The van der Waals surface area contributed by atoms with E-state index in [1.807, 2.05) is 0 Å². The Morgan fingerprint density at radius 3 is 2.00 bits per heavy atom. The molecule has 1 fully saturated rings. The van der Waals surface area contributed by atoms with Crippen molar-refractivity contribution >= 4 is 0 Å². The maximum absolute atomic E-state index is 3.76. The molecule has 0 aromatic carbocycles. The van der Waals surface area contributed by atoms with Crippen molar-refractivity contribution in [2.24, 2.45) is 0 Å². The summed E-state index contributed by atoms with van der Waals surface area (Å²) in [7, 11) is 0. The first-order valence-electron chi connectivity index (χ1n) is 8.98. The molecule has 0 aromatic rings. The van der Waals surface area contributed by atoms with Gasteiger partial charge < -0.3 is 15.1 Å². The largest absolute Gasteiger partial charge is 0.313 e. The predicted octanol–water partition coefficient (Wildman–Crippen LogP) is 2.96. The Balaban J connectivity index is 2.06. The number of likely N-dealkylation sites (N-methyl/N-ethyl adjacent to an activating group) is 1. The highest BCUT2D eigenvalue weighted by atomic mass is 15.1. The van der Waals surface area contributed by atoms with Gasteiger partial charge in [0.2, 0.25) is 0 Å². The van der Waals surface area contributed by atoms with Crippen LogP contribution in [0.1, 0.15) is 59.3 Å². The lowest BCUT2D eigenvalue weighted by atomic mass is 9.95. The summed E-state index contributed by atoms with van der Waals surface area (Å²) in [6.07, 6.45) is 8.41. The molecule has 0 bridgehead atoms. The van der Waals surface area contributed by atoms with Gasteiger partial charge in [-0.1, -0.05) is 40.0 Å². The second-order valence-electron chi connectivity index (χ2n) is 6.10. The van der Waals surface area contributed by atoms with E-state index in [1.165, 1.54) is 84.3 Å². The minimum absolute atomic E-state index is 0.804. The summed E-state index contributed by atoms with van der Waals surface area (Å²) in [6, 6.07) is 0.804. The molecule has 20 heavy (non-hydrogen) atoms. The Bertz CT molecular complexity index is 210. The highest BCUT2D eigenvalue weighted by Crippen LogP contribution is 2.16. The van der Waals surface area contributed by atoms with Crippen LogP contribution in [0.25, 0.3) is 0 Å². The molecule has 0 unspecified atom stereocenters. The van der Waals surface area contributed by atoms with Crippen LogP contribution in [0, 0.1) is 0 Å². The molecule has 3 nitrogen and oxygen atoms in total. The van der Waals surface area contributed by atoms with Gasteiger partial charge in [-0.05, 0) is 52.0 Å². The zero-order chi connectivity index (χ0) is 14.6. The van der Waals surface area contributed by atoms with Crippen LogP contribution in [0.5, 0.6) is 0 Å². The molecule has 0 saturated heterocycles. The molecular formula is C17H37N3. The second-order valence-corrected chi connectivity index (χ2v) is 6.10. The molecule has 0 amide bonds. The van der Waals surface area contributed by atoms with E-state index in [0.717, 1.165) is 6.04 Å². The van der Waals surface area contributed by atoms with Crippen molar-refractivity contribution in [3.8, 4) is 0 Å². The Labute approximate surface area is 127 Å². The molecule has 0 heterocycles. The third-order valence-corrected chi connectivity index (χ3v) is 4.76. The SMILES string of the molecule is CCN(CC)CCCN(CC)CCNC1CCCCC1. The maximum atomic E-state index is 3.76. The fourth-order valence-corrected chi connectivity index (χ4v) is 3.22. The van der Waals surface area contributed by atoms with Crippen LogP contribution in [0.3, 0.4) is 0 Å². The van der Waals surface area contributed by atoms with Crippen LogP contribution < -0.4 is 5.32 Å². The third kappa shape index (κ3) is 7.61. The average Bonchev–Trinajstić information content (AvgIpc) is 2.51. The molecule has 0 atom stereocenters. The van der Waals surface area contributed by atoms with E-state index in [9.17, 15) is 0 Å². The number of rotatable bonds is 11. The third-order valence-electron chi connectivity index (χ3n) is 4.76. The van der Waals surface area contributed by atoms with Crippen molar-refractivity contribution in [1.29, 1.82) is 0 Å². The van der Waals surface area contributed by atoms with Gasteiger partial charge in [0.05, 0.1) is 0 Å². The Hall–Kier alpha value is -0.120. The summed E-state index contributed by atoms with van der Waals surface area (Å²) in [4.78, 5) is 5.12. The lowest BCUT2D eigenvalue weighted by Crippen LogP contribution is -2.39. The molecule has 1 N–H and O–H groups in total. The van der Waals surface area contributed by atoms with Gasteiger partial charge in [0, 0.05) is 19.1 Å². The van der Waals surface area contributed by atoms with Gasteiger partial charge in [0.25, 0.3) is 0 Å². The fourth-order valence-electron chi connectivity index (χ4n) is 3.22. The number of hydrogen-bond acceptors (Lipinski definition) is 3. The first-order chi connectivity index (χ1) is 9.80. The molecule has 0 aromatic heterocycles. The van der Waals surface area contributed by atoms with Crippen LogP contribution in [0.4, 0.5) is 0 Å². The topological polar surface area (TPSA) is 18.5 Å². The molecule has 1 rings (SSSR count). The first-order valence-corrected chi connectivity index (χ1v) is 8.98. The van der Waals surface area contributed by atoms with Gasteiger partial charge in [-0.25, -0.2) is 0 Å². The van der Waals surface area contributed by atoms with Crippen LogP contribution in [-0.2, 0) is 0 Å². The lowest BCUT2D eigenvalue weighted by molar-refractivity contribution is 0.238. The van der Waals surface area contributed by atoms with Crippen molar-refractivity contribution in [1.82, 2.24) is 15.1 Å². The minimum atomic E-state index is 0.804. The van der Waals surface area contributed by atoms with E-state index in [0.29, 0.717) is 0 Å². The molecular weight excluding hydrogens is 246 g/mol. The highest BCUT2D eigenvalue weighted by molar-refractivity contribution is 4.72. The molecule has 1 aliphatic rings. The van der Waals surface area contributed by atoms with Crippen molar-refractivity contribution in [2.45, 2.75) is 65.3 Å². The summed E-state index contributed by atoms with van der Waals surface area (Å²) in [5, 5.41) is 3.76. The summed E-state index contributed by atoms with van der Waals surface area (Å²) in [5.41, 5.74) is 0. The number of nitrogens with one attached hydrogen (secondary N) is 1. The van der Waals surface area contributed by atoms with E-state index in [1.54, 1.807) is 0 Å². The summed E-state index contributed by atoms with van der Waals surface area (Å²) < 4.78 is 0. The predicted molar refractivity (Wildman–Crippen MR) is 89.4 cm³/mol. The standard InChI is InChI=1S/C17H37N3/c1-4-19(5-2)14-10-15-20(6-3)16-13-18-17-11-8-7-9-12-17/h17-18H,4-16H2,1-3H3. The van der Waals surface area contributed by atoms with E-state index in [-0.39, 0.29) is 0 Å². The summed E-state index contributed by atoms with van der Waals surface area (Å²) >= 11 is 0. The van der Waals surface area contributed by atoms with Crippen molar-refractivity contribution in [2.75, 3.05) is 45.8 Å². The van der Waals surface area contributed by atoms with Crippen LogP contribution in [0.2, 0.25) is 0 Å². The minimum Gasteiger partial charge on any atom is -0.313 e. The maximum Gasteiger partial charge on any atom is 0.0107 e. The van der Waals surface area contributed by atoms with Crippen LogP contribution >= 0.6 is 0 Å². The van der Waals surface area contributed by atoms with Crippen LogP contribution in [-0.4, -0.2) is 61.7 Å². The molecule has 1 saturated carbocycles. The van der Waals surface area contributed by atoms with Gasteiger partial charge >= 0.3 is 0 Å². The van der Waals surface area contributed by atoms with Crippen molar-refractivity contribution < 1.29 is 0 Å². The quantitative estimate of drug-likeness (QED) is 0.629. The Morgan fingerprint density at radius 1 is 0.800 bits per heavy atom. The molecule has 3 heteroatoms. The first kappa shape index (κ1) is 17.9. The number of nitrogens with zero attached hydrogens (tertiary/aromatic N) is 2. The molecule has 0 spiro atoms. The molecule has 120 valence electrons. The van der Waals surface area contributed by atoms with Crippen LogP contribution in [0.15, 0.2) is 0 Å². The summed E-state index contributed by atoms with van der Waals surface area (Å²) in [6.45, 7) is 15.2. The van der Waals surface area contributed by atoms with E-state index < -0.39 is 0 Å². The normalized spacial score (nSPS) is 17.2. The molecule has 1 aliphatic carbocycles. The monoisotopic (exact) mass is 283 g/mol. The summed E-state index contributed by atoms with van der Waals surface area (Å²) in [5.74, 6) is 0. The fraction of sp³-hybridized carbons (Fsp3) is 1.00. The van der Waals surface area contributed by atoms with Gasteiger partial charge in [-0.3, -0.25) is 0 Å². The van der Waals surface area contributed by atoms with E-state index >= 15 is 0 Å². The van der Waals surface area contributed by atoms with E-state index in [2.05, 4.69) is 35.9 Å². The smallest absolute Gasteiger partial charge is 0.0107 e. The zero-order valence-corrected chi connectivity index (χ0v) is 14.2. The van der Waals surface area contributed by atoms with Gasteiger partial charge in [-0.15, -0.1) is 0 Å². The zero-order valence-electron chi connectivity index (χ0n) is 14.2. The van der Waals surface area contributed by atoms with Gasteiger partial charge in [0.15, 0.2) is 0 Å². The highest BCUT2D eigenvalue weighted by Gasteiger charge is 2.12. The lowest BCUT2D eigenvalue weighted by Gasteiger charge is -2.26. The van der Waals surface area contributed by atoms with E-state index in [4.69, 9.17) is 0 Å². The van der Waals surface area contributed by atoms with Gasteiger partial charge in [-0.2, -0.15) is 0 Å². The van der Waals surface area contributed by atoms with Crippen molar-refractivity contribution in [3.05, 3.63) is 0 Å². The number of hydrogen-bond donors (Lipinski definition) is 1. The van der Waals surface area contributed by atoms with Gasteiger partial charge in [0.1, 0.15) is 0 Å². The molecule has 0 aliphatic heterocycles. The Morgan fingerprint density at radius 2 is 1.40 bits per heavy atom. The van der Waals surface area contributed by atoms with Crippen molar-refractivity contribution in [3.63, 3.8) is 0 Å². The average molecular weight is 284 g/mol.